The van der Waals surface area contributed by atoms with Crippen LogP contribution >= 0.6 is 11.3 Å². The van der Waals surface area contributed by atoms with Gasteiger partial charge in [0.1, 0.15) is 6.10 Å². The first-order valence-electron chi connectivity index (χ1n) is 6.22. The molecule has 1 aromatic heterocycles. The van der Waals surface area contributed by atoms with Crippen LogP contribution in [0.15, 0.2) is 35.7 Å². The molecule has 0 radical (unpaired) electrons. The van der Waals surface area contributed by atoms with Crippen LogP contribution < -0.4 is 0 Å². The molecule has 1 unspecified atom stereocenters. The van der Waals surface area contributed by atoms with Crippen LogP contribution in [0.1, 0.15) is 48.4 Å². The highest BCUT2D eigenvalue weighted by molar-refractivity contribution is 7.10. The Morgan fingerprint density at radius 2 is 1.67 bits per heavy atom. The standard InChI is InChI=1S/C16H20OS/c1-11-9-10-18-15(11)14(17)12-5-7-13(8-6-12)16(2,3)4/h5-10,14,17H,1-4H3. The first-order chi connectivity index (χ1) is 8.39. The molecule has 0 amide bonds. The Morgan fingerprint density at radius 3 is 2.11 bits per heavy atom. The van der Waals surface area contributed by atoms with Crippen molar-refractivity contribution in [3.05, 3.63) is 57.3 Å². The van der Waals surface area contributed by atoms with Gasteiger partial charge in [0, 0.05) is 4.88 Å². The Labute approximate surface area is 113 Å². The lowest BCUT2D eigenvalue weighted by Crippen LogP contribution is -2.11. The number of hydrogen-bond acceptors (Lipinski definition) is 2. The van der Waals surface area contributed by atoms with Crippen molar-refractivity contribution >= 4 is 11.3 Å². The molecule has 1 atom stereocenters. The molecule has 1 N–H and O–H groups in total. The zero-order valence-corrected chi connectivity index (χ0v) is 12.2. The van der Waals surface area contributed by atoms with Gasteiger partial charge in [-0.2, -0.15) is 0 Å². The number of aliphatic hydroxyl groups excluding tert-OH is 1. The maximum atomic E-state index is 10.4. The Kier molecular flexibility index (Phi) is 3.60. The highest BCUT2D eigenvalue weighted by atomic mass is 32.1. The van der Waals surface area contributed by atoms with E-state index in [0.29, 0.717) is 0 Å². The molecule has 0 aliphatic rings. The molecule has 0 aliphatic carbocycles. The number of benzene rings is 1. The molecule has 0 spiro atoms. The van der Waals surface area contributed by atoms with Crippen LogP contribution in [-0.2, 0) is 5.41 Å². The third-order valence-corrected chi connectivity index (χ3v) is 4.31. The van der Waals surface area contributed by atoms with Gasteiger partial charge in [0.2, 0.25) is 0 Å². The van der Waals surface area contributed by atoms with Crippen molar-refractivity contribution in [3.8, 4) is 0 Å². The molecule has 2 heteroatoms. The van der Waals surface area contributed by atoms with Crippen LogP contribution in [0.5, 0.6) is 0 Å². The van der Waals surface area contributed by atoms with Crippen molar-refractivity contribution in [1.29, 1.82) is 0 Å². The minimum absolute atomic E-state index is 0.155. The summed E-state index contributed by atoms with van der Waals surface area (Å²) in [6.07, 6.45) is -0.501. The average molecular weight is 260 g/mol. The van der Waals surface area contributed by atoms with Gasteiger partial charge in [-0.1, -0.05) is 45.0 Å². The fourth-order valence-electron chi connectivity index (χ4n) is 1.98. The molecule has 0 bridgehead atoms. The number of hydrogen-bond donors (Lipinski definition) is 1. The fourth-order valence-corrected chi connectivity index (χ4v) is 2.92. The smallest absolute Gasteiger partial charge is 0.113 e. The van der Waals surface area contributed by atoms with Crippen LogP contribution in [0.25, 0.3) is 0 Å². The van der Waals surface area contributed by atoms with Gasteiger partial charge < -0.3 is 5.11 Å². The fraction of sp³-hybridized carbons (Fsp3) is 0.375. The van der Waals surface area contributed by atoms with Gasteiger partial charge in [0.05, 0.1) is 0 Å². The minimum atomic E-state index is -0.501. The molecule has 1 aromatic carbocycles. The van der Waals surface area contributed by atoms with Crippen LogP contribution in [0, 0.1) is 6.92 Å². The zero-order valence-electron chi connectivity index (χ0n) is 11.4. The second kappa shape index (κ2) is 4.87. The molecule has 1 nitrogen and oxygen atoms in total. The van der Waals surface area contributed by atoms with Crippen molar-refractivity contribution < 1.29 is 5.11 Å². The molecular weight excluding hydrogens is 240 g/mol. The van der Waals surface area contributed by atoms with E-state index in [1.54, 1.807) is 11.3 Å². The van der Waals surface area contributed by atoms with Gasteiger partial charge in [0.15, 0.2) is 0 Å². The maximum absolute atomic E-state index is 10.4. The molecule has 2 rings (SSSR count). The monoisotopic (exact) mass is 260 g/mol. The summed E-state index contributed by atoms with van der Waals surface area (Å²) in [6, 6.07) is 10.3. The summed E-state index contributed by atoms with van der Waals surface area (Å²) in [6.45, 7) is 8.63. The van der Waals surface area contributed by atoms with E-state index in [0.717, 1.165) is 16.0 Å². The van der Waals surface area contributed by atoms with Crippen molar-refractivity contribution in [2.45, 2.75) is 39.2 Å². The third kappa shape index (κ3) is 2.65. The predicted molar refractivity (Wildman–Crippen MR) is 78.3 cm³/mol. The molecule has 0 fully saturated rings. The highest BCUT2D eigenvalue weighted by Gasteiger charge is 2.17. The lowest BCUT2D eigenvalue weighted by Gasteiger charge is -2.20. The van der Waals surface area contributed by atoms with Gasteiger partial charge in [-0.05, 0) is 40.5 Å². The van der Waals surface area contributed by atoms with Gasteiger partial charge in [-0.25, -0.2) is 0 Å². The van der Waals surface area contributed by atoms with E-state index in [-0.39, 0.29) is 5.41 Å². The molecule has 0 saturated heterocycles. The molecule has 96 valence electrons. The summed E-state index contributed by atoms with van der Waals surface area (Å²) in [4.78, 5) is 1.04. The lowest BCUT2D eigenvalue weighted by molar-refractivity contribution is 0.223. The SMILES string of the molecule is Cc1ccsc1C(O)c1ccc(C(C)(C)C)cc1. The molecule has 1 heterocycles. The van der Waals surface area contributed by atoms with E-state index >= 15 is 0 Å². The maximum Gasteiger partial charge on any atom is 0.113 e. The van der Waals surface area contributed by atoms with E-state index in [1.165, 1.54) is 5.56 Å². The van der Waals surface area contributed by atoms with Crippen molar-refractivity contribution in [3.63, 3.8) is 0 Å². The number of rotatable bonds is 2. The van der Waals surface area contributed by atoms with Gasteiger partial charge in [-0.3, -0.25) is 0 Å². The van der Waals surface area contributed by atoms with E-state index < -0.39 is 6.10 Å². The molecule has 0 saturated carbocycles. The summed E-state index contributed by atoms with van der Waals surface area (Å²) in [7, 11) is 0. The molecule has 0 aliphatic heterocycles. The summed E-state index contributed by atoms with van der Waals surface area (Å²) in [5.41, 5.74) is 3.57. The molecule has 18 heavy (non-hydrogen) atoms. The number of aliphatic hydroxyl groups is 1. The minimum Gasteiger partial charge on any atom is -0.383 e. The Morgan fingerprint density at radius 1 is 1.06 bits per heavy atom. The van der Waals surface area contributed by atoms with E-state index in [2.05, 4.69) is 32.9 Å². The predicted octanol–water partition coefficient (Wildman–Crippen LogP) is 4.44. The van der Waals surface area contributed by atoms with Crippen molar-refractivity contribution in [1.82, 2.24) is 0 Å². The molecule has 2 aromatic rings. The second-order valence-corrected chi connectivity index (χ2v) is 6.69. The number of aryl methyl sites for hydroxylation is 1. The summed E-state index contributed by atoms with van der Waals surface area (Å²) < 4.78 is 0. The van der Waals surface area contributed by atoms with Gasteiger partial charge in [-0.15, -0.1) is 11.3 Å². The van der Waals surface area contributed by atoms with Crippen LogP contribution in [0.2, 0.25) is 0 Å². The summed E-state index contributed by atoms with van der Waals surface area (Å²) in [5, 5.41) is 12.4. The second-order valence-electron chi connectivity index (χ2n) is 5.74. The Balaban J connectivity index is 2.28. The summed E-state index contributed by atoms with van der Waals surface area (Å²) >= 11 is 1.61. The quantitative estimate of drug-likeness (QED) is 0.846. The normalized spacial score (nSPS) is 13.6. The van der Waals surface area contributed by atoms with Crippen molar-refractivity contribution in [2.24, 2.45) is 0 Å². The zero-order chi connectivity index (χ0) is 13.3. The van der Waals surface area contributed by atoms with E-state index in [4.69, 9.17) is 0 Å². The van der Waals surface area contributed by atoms with E-state index in [9.17, 15) is 5.11 Å². The Hall–Kier alpha value is -1.12. The summed E-state index contributed by atoms with van der Waals surface area (Å²) in [5.74, 6) is 0. The van der Waals surface area contributed by atoms with Gasteiger partial charge >= 0.3 is 0 Å². The van der Waals surface area contributed by atoms with Crippen molar-refractivity contribution in [2.75, 3.05) is 0 Å². The first-order valence-corrected chi connectivity index (χ1v) is 7.10. The van der Waals surface area contributed by atoms with Crippen LogP contribution in [-0.4, -0.2) is 5.11 Å². The third-order valence-electron chi connectivity index (χ3n) is 3.24. The molecular formula is C16H20OS. The lowest BCUT2D eigenvalue weighted by atomic mass is 9.86. The van der Waals surface area contributed by atoms with Crippen LogP contribution in [0.3, 0.4) is 0 Å². The highest BCUT2D eigenvalue weighted by Crippen LogP contribution is 2.30. The van der Waals surface area contributed by atoms with Gasteiger partial charge in [0.25, 0.3) is 0 Å². The first kappa shape index (κ1) is 13.3. The largest absolute Gasteiger partial charge is 0.383 e. The average Bonchev–Trinajstić information content (AvgIpc) is 2.73. The van der Waals surface area contributed by atoms with Crippen LogP contribution in [0.4, 0.5) is 0 Å². The van der Waals surface area contributed by atoms with E-state index in [1.807, 2.05) is 30.5 Å². The Bertz CT molecular complexity index is 517. The number of thiophene rings is 1. The topological polar surface area (TPSA) is 20.2 Å².